The van der Waals surface area contributed by atoms with E-state index in [2.05, 4.69) is 0 Å². The van der Waals surface area contributed by atoms with Crippen LogP contribution in [-0.4, -0.2) is 10.2 Å². The number of nitrogens with two attached hydrogens (primary N) is 1. The van der Waals surface area contributed by atoms with Gasteiger partial charge in [-0.2, -0.15) is 0 Å². The quantitative estimate of drug-likeness (QED) is 0.648. The lowest BCUT2D eigenvalue weighted by Crippen LogP contribution is -1.89. The molecule has 0 amide bonds. The van der Waals surface area contributed by atoms with E-state index in [0.29, 0.717) is 11.3 Å². The Labute approximate surface area is 79.0 Å². The Kier molecular flexibility index (Phi) is 1.86. The van der Waals surface area contributed by atoms with E-state index in [-0.39, 0.29) is 12.4 Å². The summed E-state index contributed by atoms with van der Waals surface area (Å²) in [6, 6.07) is 3.37. The van der Waals surface area contributed by atoms with Crippen LogP contribution in [0.1, 0.15) is 5.56 Å². The fourth-order valence-electron chi connectivity index (χ4n) is 1.38. The largest absolute Gasteiger partial charge is 0.508 e. The third kappa shape index (κ3) is 1.15. The Morgan fingerprint density at radius 2 is 2.15 bits per heavy atom. The molecular weight excluding hydrogens is 186 g/mol. The summed E-state index contributed by atoms with van der Waals surface area (Å²) in [4.78, 5) is 0. The van der Waals surface area contributed by atoms with Crippen molar-refractivity contribution in [3.05, 3.63) is 23.1 Å². The van der Waals surface area contributed by atoms with Gasteiger partial charge in [0, 0.05) is 21.0 Å². The number of hydrogen-bond donors (Lipinski definition) is 3. The second-order valence-electron chi connectivity index (χ2n) is 2.79. The van der Waals surface area contributed by atoms with Crippen molar-refractivity contribution < 1.29 is 10.2 Å². The van der Waals surface area contributed by atoms with Crippen molar-refractivity contribution in [3.8, 4) is 5.75 Å². The van der Waals surface area contributed by atoms with E-state index in [1.54, 1.807) is 12.1 Å². The third-order valence-electron chi connectivity index (χ3n) is 2.01. The van der Waals surface area contributed by atoms with Crippen LogP contribution in [0.3, 0.4) is 0 Å². The average Bonchev–Trinajstić information content (AvgIpc) is 2.49. The van der Waals surface area contributed by atoms with Crippen molar-refractivity contribution in [2.24, 2.45) is 0 Å². The van der Waals surface area contributed by atoms with Gasteiger partial charge in [-0.05, 0) is 12.1 Å². The van der Waals surface area contributed by atoms with Gasteiger partial charge in [0.1, 0.15) is 5.75 Å². The van der Waals surface area contributed by atoms with Crippen LogP contribution in [0, 0.1) is 0 Å². The minimum Gasteiger partial charge on any atom is -0.508 e. The van der Waals surface area contributed by atoms with Crippen LogP contribution in [-0.2, 0) is 6.61 Å². The van der Waals surface area contributed by atoms with E-state index in [1.165, 1.54) is 11.3 Å². The lowest BCUT2D eigenvalue weighted by atomic mass is 10.1. The number of fused-ring (bicyclic) bond motifs is 1. The molecule has 0 unspecified atom stereocenters. The standard InChI is InChI=1S/C9H9NO2S/c10-6-4-13-8-2-1-7(12)5(3-11)9(6)8/h1-2,4,11-12H,3,10H2. The van der Waals surface area contributed by atoms with Gasteiger partial charge in [0.2, 0.25) is 0 Å². The van der Waals surface area contributed by atoms with Crippen LogP contribution < -0.4 is 5.73 Å². The van der Waals surface area contributed by atoms with E-state index in [1.807, 2.05) is 5.38 Å². The van der Waals surface area contributed by atoms with Crippen LogP contribution in [0.5, 0.6) is 5.75 Å². The zero-order valence-electron chi connectivity index (χ0n) is 6.82. The number of anilines is 1. The first kappa shape index (κ1) is 8.34. The maximum atomic E-state index is 9.44. The fourth-order valence-corrected chi connectivity index (χ4v) is 2.25. The lowest BCUT2D eigenvalue weighted by Gasteiger charge is -2.03. The summed E-state index contributed by atoms with van der Waals surface area (Å²) in [7, 11) is 0. The average molecular weight is 195 g/mol. The molecule has 1 heterocycles. The molecule has 0 atom stereocenters. The molecule has 0 aliphatic heterocycles. The van der Waals surface area contributed by atoms with Crippen molar-refractivity contribution in [1.82, 2.24) is 0 Å². The van der Waals surface area contributed by atoms with Crippen molar-refractivity contribution in [1.29, 1.82) is 0 Å². The van der Waals surface area contributed by atoms with Crippen LogP contribution in [0.4, 0.5) is 5.69 Å². The first-order valence-corrected chi connectivity index (χ1v) is 4.70. The normalized spacial score (nSPS) is 10.8. The molecule has 2 aromatic rings. The molecule has 0 spiro atoms. The molecule has 0 bridgehead atoms. The summed E-state index contributed by atoms with van der Waals surface area (Å²) in [5.74, 6) is 0.0973. The van der Waals surface area contributed by atoms with Crippen LogP contribution in [0.15, 0.2) is 17.5 Å². The second kappa shape index (κ2) is 2.90. The monoisotopic (exact) mass is 195 g/mol. The van der Waals surface area contributed by atoms with Gasteiger partial charge < -0.3 is 15.9 Å². The summed E-state index contributed by atoms with van der Waals surface area (Å²) in [6.07, 6.45) is 0. The minimum atomic E-state index is -0.190. The third-order valence-corrected chi connectivity index (χ3v) is 2.98. The van der Waals surface area contributed by atoms with Gasteiger partial charge in [-0.1, -0.05) is 0 Å². The van der Waals surface area contributed by atoms with Crippen molar-refractivity contribution in [2.45, 2.75) is 6.61 Å². The number of nitrogen functional groups attached to an aromatic ring is 1. The molecule has 0 aliphatic carbocycles. The number of aliphatic hydroxyl groups is 1. The molecule has 3 nitrogen and oxygen atoms in total. The molecule has 68 valence electrons. The minimum absolute atomic E-state index is 0.0973. The summed E-state index contributed by atoms with van der Waals surface area (Å²) < 4.78 is 0.986. The van der Waals surface area contributed by atoms with Crippen LogP contribution in [0.2, 0.25) is 0 Å². The zero-order valence-corrected chi connectivity index (χ0v) is 7.64. The molecule has 1 aromatic heterocycles. The topological polar surface area (TPSA) is 66.5 Å². The van der Waals surface area contributed by atoms with E-state index in [4.69, 9.17) is 10.8 Å². The molecule has 0 saturated carbocycles. The van der Waals surface area contributed by atoms with Crippen LogP contribution in [0.25, 0.3) is 10.1 Å². The highest BCUT2D eigenvalue weighted by atomic mass is 32.1. The first-order chi connectivity index (χ1) is 6.24. The SMILES string of the molecule is Nc1csc2ccc(O)c(CO)c12. The number of aliphatic hydroxyl groups excluding tert-OH is 1. The van der Waals surface area contributed by atoms with Gasteiger partial charge in [-0.25, -0.2) is 0 Å². The maximum absolute atomic E-state index is 9.44. The molecular formula is C9H9NO2S. The number of hydrogen-bond acceptors (Lipinski definition) is 4. The summed E-state index contributed by atoms with van der Waals surface area (Å²) in [5.41, 5.74) is 6.83. The second-order valence-corrected chi connectivity index (χ2v) is 3.70. The molecule has 13 heavy (non-hydrogen) atoms. The summed E-state index contributed by atoms with van der Waals surface area (Å²) in [5, 5.41) is 21.1. The number of thiophene rings is 1. The Hall–Kier alpha value is -1.26. The van der Waals surface area contributed by atoms with Crippen molar-refractivity contribution in [3.63, 3.8) is 0 Å². The molecule has 0 radical (unpaired) electrons. The molecule has 4 N–H and O–H groups in total. The maximum Gasteiger partial charge on any atom is 0.121 e. The summed E-state index contributed by atoms with van der Waals surface area (Å²) >= 11 is 1.50. The Morgan fingerprint density at radius 3 is 2.85 bits per heavy atom. The van der Waals surface area contributed by atoms with Crippen LogP contribution >= 0.6 is 11.3 Å². The van der Waals surface area contributed by atoms with Gasteiger partial charge in [0.15, 0.2) is 0 Å². The molecule has 1 aromatic carbocycles. The Morgan fingerprint density at radius 1 is 1.38 bits per heavy atom. The molecule has 2 rings (SSSR count). The smallest absolute Gasteiger partial charge is 0.121 e. The predicted molar refractivity (Wildman–Crippen MR) is 53.8 cm³/mol. The highest BCUT2D eigenvalue weighted by Gasteiger charge is 2.09. The Balaban J connectivity index is 2.88. The van der Waals surface area contributed by atoms with E-state index in [9.17, 15) is 5.11 Å². The molecule has 0 aliphatic rings. The highest BCUT2D eigenvalue weighted by Crippen LogP contribution is 2.35. The van der Waals surface area contributed by atoms with Gasteiger partial charge in [-0.15, -0.1) is 11.3 Å². The number of benzene rings is 1. The van der Waals surface area contributed by atoms with Gasteiger partial charge in [-0.3, -0.25) is 0 Å². The number of rotatable bonds is 1. The van der Waals surface area contributed by atoms with Crippen molar-refractivity contribution in [2.75, 3.05) is 5.73 Å². The van der Waals surface area contributed by atoms with Gasteiger partial charge in [0.25, 0.3) is 0 Å². The van der Waals surface area contributed by atoms with E-state index < -0.39 is 0 Å². The van der Waals surface area contributed by atoms with E-state index in [0.717, 1.165) is 10.1 Å². The van der Waals surface area contributed by atoms with E-state index >= 15 is 0 Å². The zero-order chi connectivity index (χ0) is 9.42. The van der Waals surface area contributed by atoms with Crippen molar-refractivity contribution >= 4 is 27.1 Å². The van der Waals surface area contributed by atoms with Gasteiger partial charge >= 0.3 is 0 Å². The first-order valence-electron chi connectivity index (χ1n) is 3.82. The predicted octanol–water partition coefficient (Wildman–Crippen LogP) is 1.68. The Bertz CT molecular complexity index is 450. The fraction of sp³-hybridized carbons (Fsp3) is 0.111. The van der Waals surface area contributed by atoms with Gasteiger partial charge in [0.05, 0.1) is 12.3 Å². The number of aromatic hydroxyl groups is 1. The lowest BCUT2D eigenvalue weighted by molar-refractivity contribution is 0.277. The summed E-state index contributed by atoms with van der Waals surface area (Å²) in [6.45, 7) is -0.190. The number of phenols is 1. The molecule has 0 saturated heterocycles. The molecule has 0 fully saturated rings. The highest BCUT2D eigenvalue weighted by molar-refractivity contribution is 7.17. The molecule has 4 heteroatoms.